The number of nitrogens with zero attached hydrogens (tertiary/aromatic N) is 5. The minimum atomic E-state index is -0.880. The first-order chi connectivity index (χ1) is 25.7. The van der Waals surface area contributed by atoms with Gasteiger partial charge in [0.1, 0.15) is 23.0 Å². The van der Waals surface area contributed by atoms with Crippen LogP contribution >= 0.6 is 0 Å². The number of amides is 2. The van der Waals surface area contributed by atoms with Gasteiger partial charge in [0.05, 0.1) is 24.1 Å². The van der Waals surface area contributed by atoms with E-state index in [2.05, 4.69) is 13.2 Å². The molecule has 0 spiro atoms. The van der Waals surface area contributed by atoms with Gasteiger partial charge in [0.2, 0.25) is 11.8 Å². The highest BCUT2D eigenvalue weighted by Crippen LogP contribution is 2.33. The van der Waals surface area contributed by atoms with E-state index in [4.69, 9.17) is 19.1 Å². The molecule has 0 saturated carbocycles. The van der Waals surface area contributed by atoms with Crippen LogP contribution in [0.5, 0.6) is 17.4 Å². The second kappa shape index (κ2) is 15.3. The second-order valence-corrected chi connectivity index (χ2v) is 14.2. The molecule has 11 heteroatoms. The Kier molecular flexibility index (Phi) is 10.6. The van der Waals surface area contributed by atoms with Crippen LogP contribution in [0.15, 0.2) is 89.7 Å². The summed E-state index contributed by atoms with van der Waals surface area (Å²) >= 11 is 0. The maximum absolute atomic E-state index is 13.8. The first kappa shape index (κ1) is 37.4. The van der Waals surface area contributed by atoms with Crippen LogP contribution in [0.2, 0.25) is 0 Å². The molecule has 0 saturated heterocycles. The maximum Gasteiger partial charge on any atom is 0.416 e. The van der Waals surface area contributed by atoms with Crippen molar-refractivity contribution in [1.82, 2.24) is 24.2 Å². The molecule has 6 aromatic rings. The lowest BCUT2D eigenvalue weighted by Gasteiger charge is -2.30. The van der Waals surface area contributed by atoms with Crippen LogP contribution in [-0.2, 0) is 23.1 Å². The summed E-state index contributed by atoms with van der Waals surface area (Å²) < 4.78 is 13.6. The standard InChI is InChI=1S/C43H45N5O6/c1-27-28(2)39(51)37(29(3)38(27)50)43(4,5)25-36(49)46(6)20-21-47(7)42(52)54-41-34(24-32-19-14-22-53-32)45-40-33(23-30-15-10-8-11-16-30)44-35(26-48(40)41)31-17-12-9-13-18-31/h8-19,22,26,50-51H,2-3,20-21,23-25H2,1,4-7H3. The lowest BCUT2D eigenvalue weighted by molar-refractivity contribution is -0.131. The molecular weight excluding hydrogens is 683 g/mol. The molecule has 0 radical (unpaired) electrons. The van der Waals surface area contributed by atoms with Crippen molar-refractivity contribution in [3.8, 4) is 28.6 Å². The number of benzene rings is 3. The molecule has 0 aliphatic rings. The first-order valence-electron chi connectivity index (χ1n) is 17.7. The Balaban J connectivity index is 1.25. The number of hydrogen-bond donors (Lipinski definition) is 2. The molecule has 3 aromatic heterocycles. The number of phenolic OH excluding ortho intramolecular Hbond substituents is 2. The van der Waals surface area contributed by atoms with Gasteiger partial charge < -0.3 is 29.2 Å². The number of carbonyl (C=O) groups excluding carboxylic acids is 2. The number of carbonyl (C=O) groups is 2. The number of imidazole rings is 1. The van der Waals surface area contributed by atoms with E-state index in [-0.39, 0.29) is 54.4 Å². The van der Waals surface area contributed by atoms with Gasteiger partial charge in [0.15, 0.2) is 5.65 Å². The minimum Gasteiger partial charge on any atom is -0.507 e. The smallest absolute Gasteiger partial charge is 0.416 e. The van der Waals surface area contributed by atoms with Crippen LogP contribution in [0, 0.1) is 6.92 Å². The number of hydrogen-bond acceptors (Lipinski definition) is 8. The average molecular weight is 728 g/mol. The summed E-state index contributed by atoms with van der Waals surface area (Å²) in [5, 5.41) is 22.1. The van der Waals surface area contributed by atoms with Gasteiger partial charge >= 0.3 is 6.09 Å². The van der Waals surface area contributed by atoms with Gasteiger partial charge in [-0.3, -0.25) is 9.20 Å². The Morgan fingerprint density at radius 1 is 0.852 bits per heavy atom. The predicted octanol–water partition coefficient (Wildman–Crippen LogP) is 5.97. The van der Waals surface area contributed by atoms with Crippen molar-refractivity contribution in [3.05, 3.63) is 130 Å². The molecule has 0 aliphatic heterocycles. The summed E-state index contributed by atoms with van der Waals surface area (Å²) in [6, 6.07) is 23.4. The third-order valence-corrected chi connectivity index (χ3v) is 9.79. The Morgan fingerprint density at radius 2 is 1.52 bits per heavy atom. The van der Waals surface area contributed by atoms with Gasteiger partial charge in [0, 0.05) is 78.8 Å². The summed E-state index contributed by atoms with van der Waals surface area (Å²) in [5.41, 5.74) is 4.35. The molecule has 54 heavy (non-hydrogen) atoms. The fraction of sp³-hybridized carbons (Fsp3) is 0.256. The van der Waals surface area contributed by atoms with Crippen LogP contribution in [0.4, 0.5) is 4.79 Å². The number of aromatic hydroxyl groups is 2. The highest BCUT2D eigenvalue weighted by atomic mass is 16.6. The molecule has 3 heterocycles. The number of furan rings is 1. The van der Waals surface area contributed by atoms with Gasteiger partial charge in [0.25, 0.3) is 0 Å². The molecule has 0 atom stereocenters. The van der Waals surface area contributed by atoms with Crippen LogP contribution in [-0.4, -0.2) is 73.6 Å². The third-order valence-electron chi connectivity index (χ3n) is 9.79. The minimum absolute atomic E-state index is 0.0106. The van der Waals surface area contributed by atoms with E-state index in [9.17, 15) is 19.8 Å². The largest absolute Gasteiger partial charge is 0.507 e. The number of aromatic nitrogens is 3. The monoisotopic (exact) mass is 727 g/mol. The van der Waals surface area contributed by atoms with Gasteiger partial charge in [-0.15, -0.1) is 0 Å². The third kappa shape index (κ3) is 7.71. The van der Waals surface area contributed by atoms with Gasteiger partial charge in [-0.05, 0) is 24.6 Å². The molecule has 0 aliphatic carbocycles. The van der Waals surface area contributed by atoms with Crippen LogP contribution in [0.1, 0.15) is 54.1 Å². The van der Waals surface area contributed by atoms with Crippen molar-refractivity contribution in [1.29, 1.82) is 0 Å². The van der Waals surface area contributed by atoms with Crippen molar-refractivity contribution in [2.75, 3.05) is 27.2 Å². The van der Waals surface area contributed by atoms with E-state index in [1.54, 1.807) is 51.6 Å². The van der Waals surface area contributed by atoms with Crippen molar-refractivity contribution in [2.24, 2.45) is 0 Å². The lowest BCUT2D eigenvalue weighted by Crippen LogP contribution is -2.41. The van der Waals surface area contributed by atoms with Crippen molar-refractivity contribution >= 4 is 30.8 Å². The average Bonchev–Trinajstić information content (AvgIpc) is 3.80. The Hall–Kier alpha value is -6.36. The number of fused-ring (bicyclic) bond motifs is 1. The maximum atomic E-state index is 13.8. The molecule has 11 nitrogen and oxygen atoms in total. The molecule has 3 aromatic carbocycles. The highest BCUT2D eigenvalue weighted by Gasteiger charge is 2.31. The van der Waals surface area contributed by atoms with Gasteiger partial charge in [-0.2, -0.15) is 0 Å². The highest BCUT2D eigenvalue weighted by molar-refractivity contribution is 5.78. The summed E-state index contributed by atoms with van der Waals surface area (Å²) in [6.07, 6.45) is 3.57. The van der Waals surface area contributed by atoms with Crippen molar-refractivity contribution in [3.63, 3.8) is 0 Å². The molecule has 0 fully saturated rings. The molecule has 6 rings (SSSR count). The van der Waals surface area contributed by atoms with Crippen molar-refractivity contribution in [2.45, 2.75) is 45.4 Å². The van der Waals surface area contributed by atoms with E-state index in [0.717, 1.165) is 11.1 Å². The molecule has 278 valence electrons. The molecule has 2 N–H and O–H groups in total. The number of likely N-dealkylation sites (N-methyl/N-ethyl adjacent to an activating group) is 2. The zero-order chi connectivity index (χ0) is 38.7. The topological polar surface area (TPSA) is 134 Å². The van der Waals surface area contributed by atoms with Crippen molar-refractivity contribution < 1.29 is 29.0 Å². The van der Waals surface area contributed by atoms with Crippen LogP contribution < -0.4 is 15.2 Å². The van der Waals surface area contributed by atoms with Gasteiger partial charge in [-0.25, -0.2) is 14.8 Å². The van der Waals surface area contributed by atoms with E-state index < -0.39 is 11.5 Å². The fourth-order valence-electron chi connectivity index (χ4n) is 6.56. The van der Waals surface area contributed by atoms with E-state index in [1.807, 2.05) is 72.9 Å². The van der Waals surface area contributed by atoms with Gasteiger partial charge in [-0.1, -0.05) is 87.7 Å². The Labute approximate surface area is 314 Å². The van der Waals surface area contributed by atoms with E-state index >= 15 is 0 Å². The van der Waals surface area contributed by atoms with E-state index in [0.29, 0.717) is 51.3 Å². The first-order valence-corrected chi connectivity index (χ1v) is 17.7. The number of rotatable bonds is 12. The molecule has 2 amide bonds. The fourth-order valence-corrected chi connectivity index (χ4v) is 6.56. The summed E-state index contributed by atoms with van der Waals surface area (Å²) in [6.45, 7) is 13.5. The zero-order valence-corrected chi connectivity index (χ0v) is 31.3. The molecular formula is C43H45N5O6. The number of ether oxygens (including phenoxy) is 1. The quantitative estimate of drug-likeness (QED) is 0.148. The summed E-state index contributed by atoms with van der Waals surface area (Å²) in [4.78, 5) is 40.2. The van der Waals surface area contributed by atoms with Crippen LogP contribution in [0.3, 0.4) is 0 Å². The second-order valence-electron chi connectivity index (χ2n) is 14.2. The van der Waals surface area contributed by atoms with Crippen LogP contribution in [0.25, 0.3) is 30.1 Å². The predicted molar refractivity (Wildman–Crippen MR) is 208 cm³/mol. The van der Waals surface area contributed by atoms with E-state index in [1.165, 1.54) is 9.80 Å². The Morgan fingerprint density at radius 3 is 2.19 bits per heavy atom. The normalized spacial score (nSPS) is 11.5. The molecule has 0 unspecified atom stereocenters. The molecule has 0 bridgehead atoms. The lowest BCUT2D eigenvalue weighted by atomic mass is 9.78. The number of phenols is 2. The summed E-state index contributed by atoms with van der Waals surface area (Å²) in [7, 11) is 3.26. The SMILES string of the molecule is C=c1c(C)c(O)c(=C)c(C(C)(C)CC(=O)N(C)CCN(C)C(=O)Oc2c(Cc3ccco3)nc3c(Cc4ccccc4)nc(-c4ccccc4)cn23)c1O. The summed E-state index contributed by atoms with van der Waals surface area (Å²) in [5.74, 6) is 0.532. The Bertz CT molecular complexity index is 2410. The zero-order valence-electron chi connectivity index (χ0n) is 31.3.